The zero-order valence-electron chi connectivity index (χ0n) is 28.2. The van der Waals surface area contributed by atoms with Crippen molar-refractivity contribution in [2.75, 3.05) is 39.0 Å². The summed E-state index contributed by atoms with van der Waals surface area (Å²) in [6.45, 7) is 3.02. The van der Waals surface area contributed by atoms with Gasteiger partial charge in [-0.1, -0.05) is 30.3 Å². The number of halogens is 1. The molecule has 0 spiro atoms. The number of hydrogen-bond donors (Lipinski definition) is 2. The molecule has 3 aliphatic rings. The molecule has 3 aliphatic heterocycles. The Bertz CT molecular complexity index is 1970. The molecule has 1 unspecified atom stereocenters. The summed E-state index contributed by atoms with van der Waals surface area (Å²) in [6.07, 6.45) is 4.29. The van der Waals surface area contributed by atoms with E-state index in [0.29, 0.717) is 53.2 Å². The first-order chi connectivity index (χ1) is 24.1. The van der Waals surface area contributed by atoms with E-state index in [4.69, 9.17) is 5.10 Å². The molecule has 1 atom stereocenters. The van der Waals surface area contributed by atoms with Crippen LogP contribution in [0.3, 0.4) is 0 Å². The van der Waals surface area contributed by atoms with Gasteiger partial charge in [0.2, 0.25) is 15.9 Å². The number of hydrogen-bond acceptors (Lipinski definition) is 8. The highest BCUT2D eigenvalue weighted by molar-refractivity contribution is 7.88. The third-order valence-electron chi connectivity index (χ3n) is 10.2. The number of sulfonamides is 1. The van der Waals surface area contributed by atoms with Crippen molar-refractivity contribution in [2.45, 2.75) is 70.6 Å². The Labute approximate surface area is 295 Å². The Hall–Kier alpha value is -3.69. The van der Waals surface area contributed by atoms with Crippen LogP contribution in [0.1, 0.15) is 57.7 Å². The van der Waals surface area contributed by atoms with Gasteiger partial charge in [-0.3, -0.25) is 14.3 Å². The van der Waals surface area contributed by atoms with Crippen LogP contribution in [0.5, 0.6) is 0 Å². The number of nitrogens with zero attached hydrogens (tertiary/aromatic N) is 5. The molecular weight excluding hydrogens is 680 g/mol. The summed E-state index contributed by atoms with van der Waals surface area (Å²) in [4.78, 5) is 30.1. The van der Waals surface area contributed by atoms with Crippen LogP contribution in [0.25, 0.3) is 21.3 Å². The van der Waals surface area contributed by atoms with E-state index in [1.165, 1.54) is 21.9 Å². The molecule has 7 rings (SSSR count). The Balaban J connectivity index is 1.09. The number of aliphatic hydroxyl groups excluding tert-OH is 1. The smallest absolute Gasteiger partial charge is 0.261 e. The second kappa shape index (κ2) is 14.5. The number of rotatable bonds is 11. The molecule has 2 aromatic heterocycles. The predicted molar refractivity (Wildman–Crippen MR) is 191 cm³/mol. The number of likely N-dealkylation sites (tertiary alicyclic amines) is 2. The van der Waals surface area contributed by atoms with Crippen molar-refractivity contribution in [2.24, 2.45) is 0 Å². The predicted octanol–water partition coefficient (Wildman–Crippen LogP) is 3.93. The largest absolute Gasteiger partial charge is 0.390 e. The van der Waals surface area contributed by atoms with Crippen molar-refractivity contribution in [3.63, 3.8) is 0 Å². The van der Waals surface area contributed by atoms with Gasteiger partial charge in [0.05, 0.1) is 29.5 Å². The van der Waals surface area contributed by atoms with Gasteiger partial charge in [-0.25, -0.2) is 12.8 Å². The van der Waals surface area contributed by atoms with E-state index < -0.39 is 22.8 Å². The molecule has 2 fully saturated rings. The molecule has 266 valence electrons. The fourth-order valence-electron chi connectivity index (χ4n) is 7.58. The van der Waals surface area contributed by atoms with Crippen LogP contribution >= 0.6 is 11.3 Å². The Morgan fingerprint density at radius 2 is 1.86 bits per heavy atom. The fourth-order valence-corrected chi connectivity index (χ4v) is 9.35. The van der Waals surface area contributed by atoms with Gasteiger partial charge in [-0.2, -0.15) is 9.40 Å². The van der Waals surface area contributed by atoms with Gasteiger partial charge in [0, 0.05) is 86.2 Å². The van der Waals surface area contributed by atoms with E-state index in [1.54, 1.807) is 16.8 Å². The number of piperidine rings is 1. The number of amides is 2. The summed E-state index contributed by atoms with van der Waals surface area (Å²) in [7, 11) is -3.47. The first kappa shape index (κ1) is 34.7. The lowest BCUT2D eigenvalue weighted by Crippen LogP contribution is -2.47. The van der Waals surface area contributed by atoms with Crippen molar-refractivity contribution in [3.05, 3.63) is 75.8 Å². The van der Waals surface area contributed by atoms with E-state index in [0.717, 1.165) is 60.2 Å². The Morgan fingerprint density at radius 1 is 1.06 bits per heavy atom. The molecular formula is C36H43FN6O5S2. The van der Waals surface area contributed by atoms with Crippen molar-refractivity contribution >= 4 is 43.3 Å². The van der Waals surface area contributed by atoms with Gasteiger partial charge in [-0.15, -0.1) is 11.3 Å². The first-order valence-electron chi connectivity index (χ1n) is 17.3. The number of fused-ring (bicyclic) bond motifs is 2. The van der Waals surface area contributed by atoms with Gasteiger partial charge in [0.15, 0.2) is 0 Å². The number of carbonyl (C=O) groups is 2. The maximum absolute atomic E-state index is 14.2. The Kier molecular flexibility index (Phi) is 10.1. The maximum atomic E-state index is 14.2. The number of aliphatic hydroxyl groups is 1. The van der Waals surface area contributed by atoms with Crippen LogP contribution in [0.4, 0.5) is 4.39 Å². The van der Waals surface area contributed by atoms with E-state index >= 15 is 0 Å². The lowest BCUT2D eigenvalue weighted by molar-refractivity contribution is -0.130. The monoisotopic (exact) mass is 722 g/mol. The molecule has 50 heavy (non-hydrogen) atoms. The van der Waals surface area contributed by atoms with E-state index in [-0.39, 0.29) is 37.5 Å². The molecule has 11 nitrogen and oxygen atoms in total. The van der Waals surface area contributed by atoms with Gasteiger partial charge < -0.3 is 20.2 Å². The number of carbonyl (C=O) groups excluding carboxylic acids is 2. The molecule has 4 aromatic rings. The second-order valence-corrected chi connectivity index (χ2v) is 16.7. The molecule has 14 heteroatoms. The van der Waals surface area contributed by atoms with Gasteiger partial charge >= 0.3 is 0 Å². The molecule has 0 radical (unpaired) electrons. The Morgan fingerprint density at radius 3 is 2.58 bits per heavy atom. The number of benzene rings is 2. The zero-order chi connectivity index (χ0) is 35.0. The molecule has 2 saturated heterocycles. The topological polar surface area (TPSA) is 128 Å². The van der Waals surface area contributed by atoms with Crippen LogP contribution in [-0.4, -0.2) is 100 Å². The van der Waals surface area contributed by atoms with Gasteiger partial charge in [-0.05, 0) is 54.0 Å². The minimum absolute atomic E-state index is 0.111. The van der Waals surface area contributed by atoms with Crippen LogP contribution < -0.4 is 5.32 Å². The maximum Gasteiger partial charge on any atom is 0.261 e. The van der Waals surface area contributed by atoms with Crippen LogP contribution in [0.2, 0.25) is 0 Å². The number of thiophene rings is 1. The van der Waals surface area contributed by atoms with E-state index in [9.17, 15) is 27.5 Å². The second-order valence-electron chi connectivity index (χ2n) is 13.6. The summed E-state index contributed by atoms with van der Waals surface area (Å²) in [5.74, 6) is 0.00941. The zero-order valence-corrected chi connectivity index (χ0v) is 29.8. The fraction of sp³-hybridized carbons (Fsp3) is 0.472. The van der Waals surface area contributed by atoms with E-state index in [1.807, 2.05) is 41.3 Å². The van der Waals surface area contributed by atoms with Crippen molar-refractivity contribution < 1.29 is 27.5 Å². The van der Waals surface area contributed by atoms with Crippen molar-refractivity contribution in [3.8, 4) is 11.3 Å². The summed E-state index contributed by atoms with van der Waals surface area (Å²) in [6, 6.07) is 15.2. The highest BCUT2D eigenvalue weighted by Gasteiger charge is 2.33. The summed E-state index contributed by atoms with van der Waals surface area (Å²) in [5, 5.41) is 20.1. The highest BCUT2D eigenvalue weighted by Crippen LogP contribution is 2.33. The number of alkyl halides is 1. The van der Waals surface area contributed by atoms with Crippen LogP contribution in [0, 0.1) is 0 Å². The summed E-state index contributed by atoms with van der Waals surface area (Å²) < 4.78 is 43.6. The van der Waals surface area contributed by atoms with Crippen LogP contribution in [0.15, 0.2) is 48.5 Å². The minimum Gasteiger partial charge on any atom is -0.390 e. The number of aromatic nitrogens is 2. The summed E-state index contributed by atoms with van der Waals surface area (Å²) >= 11 is 1.40. The molecule has 0 saturated carbocycles. The lowest BCUT2D eigenvalue weighted by atomic mass is 9.98. The molecule has 0 aliphatic carbocycles. The third kappa shape index (κ3) is 7.35. The SMILES string of the molecule is CS(=O)(=O)N1CCc2c(c(-c3ccc(CF)c(CNC(=O)c4cc5ccccc5s4)c3)nn2CC(O)CN2CCC(N3CCCC3=O)CC2)C1. The van der Waals surface area contributed by atoms with Gasteiger partial charge in [0.1, 0.15) is 6.67 Å². The lowest BCUT2D eigenvalue weighted by Gasteiger charge is -2.37. The summed E-state index contributed by atoms with van der Waals surface area (Å²) in [5.41, 5.74) is 3.96. The normalized spacial score (nSPS) is 18.5. The first-order valence-corrected chi connectivity index (χ1v) is 19.9. The van der Waals surface area contributed by atoms with E-state index in [2.05, 4.69) is 10.2 Å². The molecule has 5 heterocycles. The highest BCUT2D eigenvalue weighted by atomic mass is 32.2. The average Bonchev–Trinajstić information content (AvgIpc) is 3.84. The number of nitrogens with one attached hydrogen (secondary N) is 1. The standard InChI is InChI=1S/C36H43FN6O5S2/c1-50(47,48)41-16-12-31-30(23-41)35(39-43(31)22-29(44)21-40-14-10-28(11-15-40)42-13-4-7-34(42)45)25-8-9-26(19-37)27(17-25)20-38-36(46)33-18-24-5-2-3-6-32(24)49-33/h2-3,5-6,8-9,17-18,28-29,44H,4,7,10-16,19-23H2,1H3,(H,38,46). The molecule has 0 bridgehead atoms. The van der Waals surface area contributed by atoms with Crippen molar-refractivity contribution in [1.29, 1.82) is 0 Å². The minimum atomic E-state index is -3.47. The molecule has 2 aromatic carbocycles. The number of β-amino-alcohol motifs (C(OH)–C–C–N with tert-alkyl or cyclic N) is 1. The molecule has 2 N–H and O–H groups in total. The molecule has 2 amide bonds. The average molecular weight is 723 g/mol. The third-order valence-corrected chi connectivity index (χ3v) is 12.6. The van der Waals surface area contributed by atoms with Crippen LogP contribution in [-0.2, 0) is 47.5 Å². The van der Waals surface area contributed by atoms with Crippen molar-refractivity contribution in [1.82, 2.24) is 29.2 Å². The quantitative estimate of drug-likeness (QED) is 0.240. The van der Waals surface area contributed by atoms with Gasteiger partial charge in [0.25, 0.3) is 5.91 Å².